The van der Waals surface area contributed by atoms with Crippen LogP contribution in [0.2, 0.25) is 5.02 Å². The molecule has 2 rings (SSSR count). The molecule has 0 radical (unpaired) electrons. The van der Waals surface area contributed by atoms with Crippen LogP contribution in [0.5, 0.6) is 5.75 Å². The summed E-state index contributed by atoms with van der Waals surface area (Å²) in [5, 5.41) is 1.59. The lowest BCUT2D eigenvalue weighted by atomic mass is 9.98. The van der Waals surface area contributed by atoms with Gasteiger partial charge in [-0.2, -0.15) is 0 Å². The SMILES string of the molecule is COc1ccc(Cl)cc1CN(C)C(=O)c1sc(C(C)(C)C)nc1C. The number of thiazole rings is 1. The van der Waals surface area contributed by atoms with Crippen molar-refractivity contribution >= 4 is 28.8 Å². The Morgan fingerprint density at radius 2 is 2.04 bits per heavy atom. The van der Waals surface area contributed by atoms with Crippen molar-refractivity contribution in [3.63, 3.8) is 0 Å². The van der Waals surface area contributed by atoms with Crippen molar-refractivity contribution in [1.82, 2.24) is 9.88 Å². The molecule has 24 heavy (non-hydrogen) atoms. The molecule has 1 aromatic carbocycles. The van der Waals surface area contributed by atoms with Crippen molar-refractivity contribution in [2.75, 3.05) is 14.2 Å². The molecule has 0 spiro atoms. The lowest BCUT2D eigenvalue weighted by Gasteiger charge is -2.18. The number of ether oxygens (including phenoxy) is 1. The number of halogens is 1. The van der Waals surface area contributed by atoms with E-state index in [1.807, 2.05) is 19.1 Å². The number of carbonyl (C=O) groups excluding carboxylic acids is 1. The summed E-state index contributed by atoms with van der Waals surface area (Å²) in [6.45, 7) is 8.60. The zero-order chi connectivity index (χ0) is 18.1. The number of hydrogen-bond acceptors (Lipinski definition) is 4. The number of carbonyl (C=O) groups is 1. The predicted molar refractivity (Wildman–Crippen MR) is 99.4 cm³/mol. The Kier molecular flexibility index (Phi) is 5.56. The summed E-state index contributed by atoms with van der Waals surface area (Å²) in [6.07, 6.45) is 0. The molecule has 0 unspecified atom stereocenters. The predicted octanol–water partition coefficient (Wildman–Crippen LogP) is 4.68. The van der Waals surface area contributed by atoms with E-state index in [9.17, 15) is 4.79 Å². The molecule has 0 saturated carbocycles. The molecule has 0 N–H and O–H groups in total. The Morgan fingerprint density at radius 1 is 1.38 bits per heavy atom. The van der Waals surface area contributed by atoms with Crippen LogP contribution in [0, 0.1) is 6.92 Å². The first-order chi connectivity index (χ1) is 11.1. The molecule has 0 fully saturated rings. The van der Waals surface area contributed by atoms with Gasteiger partial charge in [0.1, 0.15) is 10.6 Å². The smallest absolute Gasteiger partial charge is 0.265 e. The fraction of sp³-hybridized carbons (Fsp3) is 0.444. The van der Waals surface area contributed by atoms with Crippen LogP contribution in [-0.4, -0.2) is 29.9 Å². The Hall–Kier alpha value is -1.59. The molecule has 0 aliphatic rings. The Labute approximate surface area is 152 Å². The number of methoxy groups -OCH3 is 1. The van der Waals surface area contributed by atoms with Crippen molar-refractivity contribution in [3.8, 4) is 5.75 Å². The zero-order valence-corrected chi connectivity index (χ0v) is 16.5. The summed E-state index contributed by atoms with van der Waals surface area (Å²) in [6, 6.07) is 5.41. The van der Waals surface area contributed by atoms with Crippen molar-refractivity contribution in [1.29, 1.82) is 0 Å². The van der Waals surface area contributed by atoms with Crippen LogP contribution in [0.25, 0.3) is 0 Å². The summed E-state index contributed by atoms with van der Waals surface area (Å²) in [7, 11) is 3.39. The van der Waals surface area contributed by atoms with Crippen molar-refractivity contribution in [3.05, 3.63) is 44.4 Å². The van der Waals surface area contributed by atoms with E-state index < -0.39 is 0 Å². The molecule has 0 saturated heterocycles. The highest BCUT2D eigenvalue weighted by Crippen LogP contribution is 2.30. The first-order valence-electron chi connectivity index (χ1n) is 7.69. The second kappa shape index (κ2) is 7.11. The maximum absolute atomic E-state index is 12.8. The Bertz CT molecular complexity index is 750. The highest BCUT2D eigenvalue weighted by atomic mass is 35.5. The maximum Gasteiger partial charge on any atom is 0.265 e. The normalized spacial score (nSPS) is 11.5. The first kappa shape index (κ1) is 18.7. The minimum atomic E-state index is -0.0668. The average molecular weight is 367 g/mol. The third-order valence-electron chi connectivity index (χ3n) is 3.63. The van der Waals surface area contributed by atoms with Crippen LogP contribution in [0.15, 0.2) is 18.2 Å². The summed E-state index contributed by atoms with van der Waals surface area (Å²) < 4.78 is 5.35. The monoisotopic (exact) mass is 366 g/mol. The van der Waals surface area contributed by atoms with Gasteiger partial charge in [0.2, 0.25) is 0 Å². The molecule has 1 aromatic heterocycles. The third kappa shape index (κ3) is 4.08. The number of aryl methyl sites for hydroxylation is 1. The lowest BCUT2D eigenvalue weighted by molar-refractivity contribution is 0.0788. The Balaban J connectivity index is 2.25. The van der Waals surface area contributed by atoms with Crippen LogP contribution in [0.1, 0.15) is 46.7 Å². The standard InChI is InChI=1S/C18H23ClN2O2S/c1-11-15(24-17(20-11)18(2,3)4)16(22)21(5)10-12-9-13(19)7-8-14(12)23-6/h7-9H,10H2,1-6H3. The molecule has 1 heterocycles. The maximum atomic E-state index is 12.8. The van der Waals surface area contributed by atoms with E-state index in [0.29, 0.717) is 16.4 Å². The molecule has 4 nitrogen and oxygen atoms in total. The quantitative estimate of drug-likeness (QED) is 0.788. The zero-order valence-electron chi connectivity index (χ0n) is 14.9. The summed E-state index contributed by atoms with van der Waals surface area (Å²) >= 11 is 7.53. The van der Waals surface area contributed by atoms with Gasteiger partial charge in [-0.3, -0.25) is 4.79 Å². The second-order valence-corrected chi connectivity index (χ2v) is 8.24. The van der Waals surface area contributed by atoms with E-state index in [4.69, 9.17) is 16.3 Å². The first-order valence-corrected chi connectivity index (χ1v) is 8.88. The third-order valence-corrected chi connectivity index (χ3v) is 5.44. The van der Waals surface area contributed by atoms with E-state index in [0.717, 1.165) is 22.0 Å². The number of aromatic nitrogens is 1. The molecule has 0 bridgehead atoms. The van der Waals surface area contributed by atoms with Crippen LogP contribution >= 0.6 is 22.9 Å². The van der Waals surface area contributed by atoms with Crippen molar-refractivity contribution < 1.29 is 9.53 Å². The number of nitrogens with zero attached hydrogens (tertiary/aromatic N) is 2. The molecular weight excluding hydrogens is 344 g/mol. The van der Waals surface area contributed by atoms with E-state index in [2.05, 4.69) is 25.8 Å². The molecule has 130 valence electrons. The van der Waals surface area contributed by atoms with Gasteiger partial charge in [-0.25, -0.2) is 4.98 Å². The van der Waals surface area contributed by atoms with E-state index >= 15 is 0 Å². The number of amides is 1. The van der Waals surface area contributed by atoms with Gasteiger partial charge in [-0.1, -0.05) is 32.4 Å². The number of rotatable bonds is 4. The van der Waals surface area contributed by atoms with Gasteiger partial charge in [-0.05, 0) is 25.1 Å². The van der Waals surface area contributed by atoms with Gasteiger partial charge in [0.25, 0.3) is 5.91 Å². The van der Waals surface area contributed by atoms with Crippen LogP contribution in [0.4, 0.5) is 0 Å². The number of benzene rings is 1. The van der Waals surface area contributed by atoms with Gasteiger partial charge < -0.3 is 9.64 Å². The van der Waals surface area contributed by atoms with Gasteiger partial charge in [0.05, 0.1) is 17.8 Å². The van der Waals surface area contributed by atoms with Gasteiger partial charge in [-0.15, -0.1) is 11.3 Å². The van der Waals surface area contributed by atoms with Crippen LogP contribution in [-0.2, 0) is 12.0 Å². The lowest BCUT2D eigenvalue weighted by Crippen LogP contribution is -2.26. The largest absolute Gasteiger partial charge is 0.496 e. The Morgan fingerprint density at radius 3 is 2.58 bits per heavy atom. The molecule has 1 amide bonds. The van der Waals surface area contributed by atoms with Crippen LogP contribution < -0.4 is 4.74 Å². The number of hydrogen-bond donors (Lipinski definition) is 0. The summed E-state index contributed by atoms with van der Waals surface area (Å²) in [5.74, 6) is 0.679. The molecule has 0 aliphatic carbocycles. The molecule has 0 aliphatic heterocycles. The molecular formula is C18H23ClN2O2S. The highest BCUT2D eigenvalue weighted by Gasteiger charge is 2.25. The van der Waals surface area contributed by atoms with Crippen molar-refractivity contribution in [2.24, 2.45) is 0 Å². The van der Waals surface area contributed by atoms with Gasteiger partial charge in [0.15, 0.2) is 0 Å². The minimum Gasteiger partial charge on any atom is -0.496 e. The summed E-state index contributed by atoms with van der Waals surface area (Å²) in [5.41, 5.74) is 1.58. The average Bonchev–Trinajstić information content (AvgIpc) is 2.88. The fourth-order valence-electron chi connectivity index (χ4n) is 2.29. The van der Waals surface area contributed by atoms with Gasteiger partial charge >= 0.3 is 0 Å². The fourth-order valence-corrected chi connectivity index (χ4v) is 3.60. The molecule has 6 heteroatoms. The van der Waals surface area contributed by atoms with E-state index in [1.54, 1.807) is 25.1 Å². The van der Waals surface area contributed by atoms with Crippen molar-refractivity contribution in [2.45, 2.75) is 39.7 Å². The van der Waals surface area contributed by atoms with E-state index in [-0.39, 0.29) is 11.3 Å². The van der Waals surface area contributed by atoms with Gasteiger partial charge in [0, 0.05) is 29.6 Å². The molecule has 2 aromatic rings. The minimum absolute atomic E-state index is 0.0393. The molecule has 0 atom stereocenters. The second-order valence-electron chi connectivity index (χ2n) is 6.80. The van der Waals surface area contributed by atoms with Crippen LogP contribution in [0.3, 0.4) is 0 Å². The topological polar surface area (TPSA) is 42.4 Å². The highest BCUT2D eigenvalue weighted by molar-refractivity contribution is 7.14. The summed E-state index contributed by atoms with van der Waals surface area (Å²) in [4.78, 5) is 19.7. The van der Waals surface area contributed by atoms with E-state index in [1.165, 1.54) is 11.3 Å².